The lowest BCUT2D eigenvalue weighted by atomic mass is 9.99. The zero-order valence-electron chi connectivity index (χ0n) is 60.9. The molecule has 0 aromatic carbocycles. The Morgan fingerprint density at radius 2 is 0.516 bits per heavy atom. The van der Waals surface area contributed by atoms with E-state index in [0.717, 1.165) is 114 Å². The van der Waals surface area contributed by atoms with Gasteiger partial charge in [0.05, 0.1) is 26.4 Å². The minimum Gasteiger partial charge on any atom is -0.462 e. The maximum absolute atomic E-state index is 13.1. The number of phosphoric ester groups is 2. The van der Waals surface area contributed by atoms with Gasteiger partial charge in [-0.2, -0.15) is 0 Å². The molecule has 0 heterocycles. The third-order valence-corrected chi connectivity index (χ3v) is 19.7. The summed E-state index contributed by atoms with van der Waals surface area (Å²) in [7, 11) is -9.91. The van der Waals surface area contributed by atoms with Crippen molar-refractivity contribution < 1.29 is 80.2 Å². The third kappa shape index (κ3) is 65.8. The molecule has 3 N–H and O–H groups in total. The maximum atomic E-state index is 13.1. The van der Waals surface area contributed by atoms with Gasteiger partial charge >= 0.3 is 39.5 Å². The van der Waals surface area contributed by atoms with Crippen LogP contribution in [0.15, 0.2) is 0 Å². The predicted octanol–water partition coefficient (Wildman–Crippen LogP) is 21.3. The fraction of sp³-hybridized carbons (Fsp3) is 0.946. The Morgan fingerprint density at radius 1 is 0.301 bits per heavy atom. The molecule has 0 aliphatic carbocycles. The lowest BCUT2D eigenvalue weighted by Gasteiger charge is -2.21. The van der Waals surface area contributed by atoms with Gasteiger partial charge in [0.2, 0.25) is 0 Å². The van der Waals surface area contributed by atoms with Crippen LogP contribution < -0.4 is 0 Å². The molecular weight excluding hydrogens is 1220 g/mol. The molecule has 0 aliphatic rings. The first kappa shape index (κ1) is 91.1. The van der Waals surface area contributed by atoms with E-state index in [1.807, 2.05) is 0 Å². The van der Waals surface area contributed by atoms with Crippen molar-refractivity contribution in [3.05, 3.63) is 0 Å². The van der Waals surface area contributed by atoms with Crippen LogP contribution in [0.4, 0.5) is 0 Å². The van der Waals surface area contributed by atoms with Gasteiger partial charge in [-0.05, 0) is 49.4 Å². The second-order valence-corrected chi connectivity index (χ2v) is 31.0. The van der Waals surface area contributed by atoms with E-state index in [9.17, 15) is 43.2 Å². The van der Waals surface area contributed by atoms with Crippen molar-refractivity contribution in [2.45, 2.75) is 388 Å². The van der Waals surface area contributed by atoms with Crippen molar-refractivity contribution in [1.29, 1.82) is 0 Å². The van der Waals surface area contributed by atoms with Crippen molar-refractivity contribution in [1.82, 2.24) is 0 Å². The molecule has 4 unspecified atom stereocenters. The highest BCUT2D eigenvalue weighted by molar-refractivity contribution is 7.47. The Kier molecular flexibility index (Phi) is 62.2. The molecule has 0 radical (unpaired) electrons. The molecule has 7 atom stereocenters. The summed E-state index contributed by atoms with van der Waals surface area (Å²) in [6.45, 7) is 14.2. The van der Waals surface area contributed by atoms with Gasteiger partial charge in [0.15, 0.2) is 12.2 Å². The molecule has 552 valence electrons. The molecule has 17 nitrogen and oxygen atoms in total. The molecule has 19 heteroatoms. The number of rotatable bonds is 71. The fourth-order valence-electron chi connectivity index (χ4n) is 11.1. The Bertz CT molecular complexity index is 1840. The van der Waals surface area contributed by atoms with Crippen LogP contribution in [0.1, 0.15) is 370 Å². The highest BCUT2D eigenvalue weighted by atomic mass is 31.2. The number of carbonyl (C=O) groups is 4. The van der Waals surface area contributed by atoms with Gasteiger partial charge in [-0.3, -0.25) is 37.3 Å². The molecule has 0 spiro atoms. The molecule has 93 heavy (non-hydrogen) atoms. The summed E-state index contributed by atoms with van der Waals surface area (Å²) in [5.74, 6) is 0.938. The standard InChI is InChI=1S/C74H144O17P2/c1-9-66(7)52-44-36-27-21-17-13-11-12-14-18-22-29-38-46-54-71(76)84-60-69(90-73(78)56-48-40-30-23-19-15-16-20-26-34-42-50-64(3)4)62-88-92(80,81)86-58-68(75)59-87-93(82,83)89-63-70(61-85-72(77)55-47-39-33-32-35-43-51-65(5)6)91-74(79)57-49-41-31-25-24-28-37-45-53-67(8)10-2/h64-70,75H,9-63H2,1-8H3,(H,80,81)(H,82,83)/t66?,67?,68-,69-,70-/m1/s1. The predicted molar refractivity (Wildman–Crippen MR) is 377 cm³/mol. The highest BCUT2D eigenvalue weighted by Gasteiger charge is 2.30. The fourth-order valence-corrected chi connectivity index (χ4v) is 12.7. The van der Waals surface area contributed by atoms with Crippen molar-refractivity contribution in [3.8, 4) is 0 Å². The number of carbonyl (C=O) groups excluding carboxylic acids is 4. The number of hydrogen-bond donors (Lipinski definition) is 3. The molecule has 0 aromatic heterocycles. The molecule has 0 aromatic rings. The summed E-state index contributed by atoms with van der Waals surface area (Å²) < 4.78 is 68.4. The number of esters is 4. The summed E-state index contributed by atoms with van der Waals surface area (Å²) >= 11 is 0. The lowest BCUT2D eigenvalue weighted by Crippen LogP contribution is -2.30. The largest absolute Gasteiger partial charge is 0.472 e. The Balaban J connectivity index is 5.23. The highest BCUT2D eigenvalue weighted by Crippen LogP contribution is 2.45. The molecular formula is C74H144O17P2. The van der Waals surface area contributed by atoms with Crippen LogP contribution in [-0.2, 0) is 65.4 Å². The topological polar surface area (TPSA) is 237 Å². The maximum Gasteiger partial charge on any atom is 0.472 e. The number of hydrogen-bond acceptors (Lipinski definition) is 15. The van der Waals surface area contributed by atoms with Gasteiger partial charge in [0.1, 0.15) is 19.3 Å². The monoisotopic (exact) mass is 1370 g/mol. The van der Waals surface area contributed by atoms with E-state index in [-0.39, 0.29) is 25.7 Å². The van der Waals surface area contributed by atoms with Crippen LogP contribution in [0.2, 0.25) is 0 Å². The van der Waals surface area contributed by atoms with Gasteiger partial charge in [-0.1, -0.05) is 319 Å². The van der Waals surface area contributed by atoms with Crippen LogP contribution in [-0.4, -0.2) is 96.7 Å². The molecule has 0 amide bonds. The first-order valence-corrected chi connectivity index (χ1v) is 41.3. The van der Waals surface area contributed by atoms with Crippen LogP contribution in [0.3, 0.4) is 0 Å². The van der Waals surface area contributed by atoms with E-state index >= 15 is 0 Å². The van der Waals surface area contributed by atoms with E-state index < -0.39 is 97.5 Å². The van der Waals surface area contributed by atoms with Gasteiger partial charge in [0, 0.05) is 25.7 Å². The molecule has 0 fully saturated rings. The third-order valence-electron chi connectivity index (χ3n) is 17.8. The molecule has 0 saturated carbocycles. The normalized spacial score (nSPS) is 14.8. The van der Waals surface area contributed by atoms with Crippen LogP contribution >= 0.6 is 15.6 Å². The van der Waals surface area contributed by atoms with Crippen LogP contribution in [0, 0.1) is 23.7 Å². The Hall–Kier alpha value is -1.94. The summed E-state index contributed by atoms with van der Waals surface area (Å²) in [5.41, 5.74) is 0. The quantitative estimate of drug-likeness (QED) is 0.0222. The zero-order valence-corrected chi connectivity index (χ0v) is 62.7. The van der Waals surface area contributed by atoms with Crippen molar-refractivity contribution in [3.63, 3.8) is 0 Å². The van der Waals surface area contributed by atoms with E-state index in [1.54, 1.807) is 0 Å². The first-order chi connectivity index (χ1) is 44.7. The van der Waals surface area contributed by atoms with Gasteiger partial charge < -0.3 is 33.8 Å². The van der Waals surface area contributed by atoms with Crippen molar-refractivity contribution in [2.24, 2.45) is 23.7 Å². The van der Waals surface area contributed by atoms with Crippen LogP contribution in [0.5, 0.6) is 0 Å². The van der Waals surface area contributed by atoms with Gasteiger partial charge in [-0.15, -0.1) is 0 Å². The van der Waals surface area contributed by atoms with Crippen molar-refractivity contribution in [2.75, 3.05) is 39.6 Å². The van der Waals surface area contributed by atoms with E-state index in [4.69, 9.17) is 37.0 Å². The number of aliphatic hydroxyl groups excluding tert-OH is 1. The number of phosphoric acid groups is 2. The minimum atomic E-state index is -4.96. The Labute approximate surface area is 568 Å². The number of unbranched alkanes of at least 4 members (excludes halogenated alkanes) is 35. The number of ether oxygens (including phenoxy) is 4. The second kappa shape index (κ2) is 63.5. The molecule has 0 saturated heterocycles. The van der Waals surface area contributed by atoms with Crippen LogP contribution in [0.25, 0.3) is 0 Å². The summed E-state index contributed by atoms with van der Waals surface area (Å²) in [6.07, 6.45) is 47.2. The molecule has 0 bridgehead atoms. The Morgan fingerprint density at radius 3 is 0.763 bits per heavy atom. The lowest BCUT2D eigenvalue weighted by molar-refractivity contribution is -0.161. The van der Waals surface area contributed by atoms with Crippen molar-refractivity contribution >= 4 is 39.5 Å². The summed E-state index contributed by atoms with van der Waals surface area (Å²) in [5, 5.41) is 10.6. The van der Waals surface area contributed by atoms with Gasteiger partial charge in [-0.25, -0.2) is 9.13 Å². The van der Waals surface area contributed by atoms with Gasteiger partial charge in [0.25, 0.3) is 0 Å². The summed E-state index contributed by atoms with van der Waals surface area (Å²) in [4.78, 5) is 72.7. The van der Waals surface area contributed by atoms with E-state index in [0.29, 0.717) is 31.6 Å². The SMILES string of the molecule is CCC(C)CCCCCCCCCCCCCCCCC(=O)OC[C@H](COP(=O)(O)OC[C@@H](O)COP(=O)(O)OC[C@@H](COC(=O)CCCCCCCCC(C)C)OC(=O)CCCCCCCCCCC(C)CC)OC(=O)CCCCCCCCCCCCCC(C)C. The first-order valence-electron chi connectivity index (χ1n) is 38.3. The minimum absolute atomic E-state index is 0.104. The zero-order chi connectivity index (χ0) is 68.9. The second-order valence-electron chi connectivity index (χ2n) is 28.1. The smallest absolute Gasteiger partial charge is 0.462 e. The van der Waals surface area contributed by atoms with E-state index in [2.05, 4.69) is 55.4 Å². The molecule has 0 rings (SSSR count). The number of aliphatic hydroxyl groups is 1. The average Bonchev–Trinajstić information content (AvgIpc) is 2.53. The van der Waals surface area contributed by atoms with E-state index in [1.165, 1.54) is 167 Å². The molecule has 0 aliphatic heterocycles. The average molecular weight is 1370 g/mol. The summed E-state index contributed by atoms with van der Waals surface area (Å²) in [6, 6.07) is 0.